The molecule has 20 heavy (non-hydrogen) atoms. The zero-order chi connectivity index (χ0) is 15.2. The quantitative estimate of drug-likeness (QED) is 0.395. The maximum Gasteiger partial charge on any atom is 0.242 e. The monoisotopic (exact) mass is 290 g/mol. The third-order valence-electron chi connectivity index (χ3n) is 2.78. The Bertz CT molecular complexity index is 470. The third-order valence-corrected chi connectivity index (χ3v) is 3.62. The van der Waals surface area contributed by atoms with Crippen LogP contribution in [-0.2, 0) is 9.16 Å². The molecule has 0 radical (unpaired) electrons. The number of hydrogen-bond donors (Lipinski definition) is 0. The fraction of sp³-hybridized carbons (Fsp3) is 0.412. The van der Waals surface area contributed by atoms with Crippen LogP contribution in [-0.4, -0.2) is 8.32 Å². The molecule has 110 valence electrons. The average Bonchev–Trinajstić information content (AvgIpc) is 2.41. The third kappa shape index (κ3) is 5.66. The summed E-state index contributed by atoms with van der Waals surface area (Å²) >= 11 is 0. The van der Waals surface area contributed by atoms with Crippen molar-refractivity contribution in [3.8, 4) is 0 Å². The van der Waals surface area contributed by atoms with E-state index in [-0.39, 0.29) is 6.10 Å². The van der Waals surface area contributed by atoms with Crippen LogP contribution < -0.4 is 0 Å². The molecule has 0 aliphatic rings. The van der Waals surface area contributed by atoms with Gasteiger partial charge in [-0.3, -0.25) is 0 Å². The standard InChI is InChI=1S/C17H26O2Si/c1-7-17(19-20(4,5)6)14(2)13-18-15(3)16-11-9-8-10-12-16/h7-13,15H,1-6H3/b14-13+,17-7-/t15-/m0/s1. The van der Waals surface area contributed by atoms with Gasteiger partial charge in [0, 0.05) is 5.57 Å². The van der Waals surface area contributed by atoms with Crippen LogP contribution in [0.15, 0.2) is 54.0 Å². The average molecular weight is 290 g/mol. The fourth-order valence-electron chi connectivity index (χ4n) is 1.76. The van der Waals surface area contributed by atoms with E-state index in [1.165, 1.54) is 5.56 Å². The summed E-state index contributed by atoms with van der Waals surface area (Å²) in [5, 5.41) is 0. The molecular formula is C17H26O2Si. The molecule has 2 nitrogen and oxygen atoms in total. The van der Waals surface area contributed by atoms with Gasteiger partial charge in [0.1, 0.15) is 11.9 Å². The smallest absolute Gasteiger partial charge is 0.242 e. The van der Waals surface area contributed by atoms with E-state index in [9.17, 15) is 0 Å². The Kier molecular flexibility index (Phi) is 6.08. The van der Waals surface area contributed by atoms with Gasteiger partial charge in [-0.05, 0) is 52.1 Å². The highest BCUT2D eigenvalue weighted by Gasteiger charge is 2.18. The van der Waals surface area contributed by atoms with Crippen LogP contribution in [0.3, 0.4) is 0 Å². The summed E-state index contributed by atoms with van der Waals surface area (Å²) in [5.41, 5.74) is 2.20. The first-order valence-electron chi connectivity index (χ1n) is 7.06. The van der Waals surface area contributed by atoms with Crippen molar-refractivity contribution in [2.75, 3.05) is 0 Å². The second-order valence-corrected chi connectivity index (χ2v) is 10.3. The van der Waals surface area contributed by atoms with Gasteiger partial charge in [0.15, 0.2) is 0 Å². The van der Waals surface area contributed by atoms with Crippen LogP contribution in [0.5, 0.6) is 0 Å². The summed E-state index contributed by atoms with van der Waals surface area (Å²) in [6.45, 7) is 12.6. The lowest BCUT2D eigenvalue weighted by Gasteiger charge is -2.22. The van der Waals surface area contributed by atoms with Crippen molar-refractivity contribution >= 4 is 8.32 Å². The molecule has 1 atom stereocenters. The van der Waals surface area contributed by atoms with Crippen molar-refractivity contribution < 1.29 is 9.16 Å². The molecule has 0 aromatic heterocycles. The zero-order valence-electron chi connectivity index (χ0n) is 13.4. The molecule has 0 spiro atoms. The molecule has 0 fully saturated rings. The van der Waals surface area contributed by atoms with Crippen molar-refractivity contribution in [1.29, 1.82) is 0 Å². The number of allylic oxidation sites excluding steroid dienone is 2. The lowest BCUT2D eigenvalue weighted by atomic mass is 10.1. The highest BCUT2D eigenvalue weighted by Crippen LogP contribution is 2.21. The second kappa shape index (κ2) is 7.34. The molecule has 0 heterocycles. The Morgan fingerprint density at radius 1 is 1.15 bits per heavy atom. The molecule has 0 aliphatic heterocycles. The van der Waals surface area contributed by atoms with E-state index in [1.54, 1.807) is 6.26 Å². The topological polar surface area (TPSA) is 18.5 Å². The van der Waals surface area contributed by atoms with Crippen molar-refractivity contribution in [1.82, 2.24) is 0 Å². The molecule has 0 saturated carbocycles. The molecule has 3 heteroatoms. The molecule has 0 aliphatic carbocycles. The fourth-order valence-corrected chi connectivity index (χ4v) is 2.70. The van der Waals surface area contributed by atoms with Gasteiger partial charge in [-0.25, -0.2) is 0 Å². The largest absolute Gasteiger partial charge is 0.544 e. The molecule has 0 amide bonds. The van der Waals surface area contributed by atoms with Gasteiger partial charge in [-0.1, -0.05) is 30.3 Å². The van der Waals surface area contributed by atoms with Crippen LogP contribution in [0.4, 0.5) is 0 Å². The highest BCUT2D eigenvalue weighted by molar-refractivity contribution is 6.70. The van der Waals surface area contributed by atoms with Crippen LogP contribution in [0, 0.1) is 0 Å². The number of ether oxygens (including phenoxy) is 1. The van der Waals surface area contributed by atoms with E-state index in [0.29, 0.717) is 0 Å². The van der Waals surface area contributed by atoms with Crippen LogP contribution in [0.2, 0.25) is 19.6 Å². The van der Waals surface area contributed by atoms with Gasteiger partial charge < -0.3 is 9.16 Å². The molecule has 0 N–H and O–H groups in total. The van der Waals surface area contributed by atoms with Gasteiger partial charge in [0.2, 0.25) is 8.32 Å². The van der Waals surface area contributed by atoms with Crippen LogP contribution in [0.25, 0.3) is 0 Å². The molecule has 1 rings (SSSR count). The second-order valence-electron chi connectivity index (χ2n) is 5.86. The van der Waals surface area contributed by atoms with Gasteiger partial charge >= 0.3 is 0 Å². The highest BCUT2D eigenvalue weighted by atomic mass is 28.4. The van der Waals surface area contributed by atoms with Crippen molar-refractivity contribution in [3.05, 3.63) is 59.6 Å². The van der Waals surface area contributed by atoms with Crippen LogP contribution >= 0.6 is 0 Å². The van der Waals surface area contributed by atoms with Gasteiger partial charge in [-0.15, -0.1) is 0 Å². The maximum atomic E-state index is 6.04. The van der Waals surface area contributed by atoms with Gasteiger partial charge in [0.05, 0.1) is 6.26 Å². The minimum absolute atomic E-state index is 0.0381. The molecular weight excluding hydrogens is 264 g/mol. The molecule has 0 bridgehead atoms. The number of benzene rings is 1. The Morgan fingerprint density at radius 3 is 2.25 bits per heavy atom. The number of rotatable bonds is 6. The van der Waals surface area contributed by atoms with Crippen molar-refractivity contribution in [2.24, 2.45) is 0 Å². The molecule has 1 aromatic rings. The molecule has 0 saturated heterocycles. The van der Waals surface area contributed by atoms with E-state index in [0.717, 1.165) is 11.3 Å². The SMILES string of the molecule is C/C=C(O[Si](C)(C)C)/C(C)=C/O[C@@H](C)c1ccccc1. The summed E-state index contributed by atoms with van der Waals surface area (Å²) in [4.78, 5) is 0. The van der Waals surface area contributed by atoms with Gasteiger partial charge in [0.25, 0.3) is 0 Å². The Labute approximate surface area is 124 Å². The van der Waals surface area contributed by atoms with Crippen molar-refractivity contribution in [2.45, 2.75) is 46.5 Å². The van der Waals surface area contributed by atoms with E-state index in [1.807, 2.05) is 45.0 Å². The van der Waals surface area contributed by atoms with Crippen LogP contribution in [0.1, 0.15) is 32.4 Å². The Morgan fingerprint density at radius 2 is 1.75 bits per heavy atom. The van der Waals surface area contributed by atoms with Gasteiger partial charge in [-0.2, -0.15) is 0 Å². The first-order chi connectivity index (χ1) is 9.33. The summed E-state index contributed by atoms with van der Waals surface area (Å²) in [6.07, 6.45) is 3.84. The minimum atomic E-state index is -1.59. The predicted molar refractivity (Wildman–Crippen MR) is 87.9 cm³/mol. The predicted octanol–water partition coefficient (Wildman–Crippen LogP) is 5.42. The normalized spacial score (nSPS) is 14.9. The zero-order valence-corrected chi connectivity index (χ0v) is 14.4. The van der Waals surface area contributed by atoms with Crippen molar-refractivity contribution in [3.63, 3.8) is 0 Å². The summed E-state index contributed by atoms with van der Waals surface area (Å²) in [5.74, 6) is 0.921. The Hall–Kier alpha value is -1.48. The minimum Gasteiger partial charge on any atom is -0.544 e. The first-order valence-corrected chi connectivity index (χ1v) is 10.5. The maximum absolute atomic E-state index is 6.04. The van der Waals surface area contributed by atoms with E-state index >= 15 is 0 Å². The summed E-state index contributed by atoms with van der Waals surface area (Å²) < 4.78 is 11.9. The number of hydrogen-bond acceptors (Lipinski definition) is 2. The van der Waals surface area contributed by atoms with E-state index in [4.69, 9.17) is 9.16 Å². The summed E-state index contributed by atoms with van der Waals surface area (Å²) in [6, 6.07) is 10.2. The van der Waals surface area contributed by atoms with E-state index < -0.39 is 8.32 Å². The molecule has 0 unspecified atom stereocenters. The lowest BCUT2D eigenvalue weighted by Crippen LogP contribution is -2.25. The lowest BCUT2D eigenvalue weighted by molar-refractivity contribution is 0.161. The van der Waals surface area contributed by atoms with E-state index in [2.05, 4.69) is 31.8 Å². The molecule has 1 aromatic carbocycles. The Balaban J connectivity index is 2.69. The summed E-state index contributed by atoms with van der Waals surface area (Å²) in [7, 11) is -1.59. The first kappa shape index (κ1) is 16.6.